The number of nitrogen functional groups attached to an aromatic ring is 1. The van der Waals surface area contributed by atoms with Gasteiger partial charge in [0.05, 0.1) is 11.4 Å². The Kier molecular flexibility index (Phi) is 3.21. The van der Waals surface area contributed by atoms with Crippen molar-refractivity contribution in [3.05, 3.63) is 5.69 Å². The van der Waals surface area contributed by atoms with Crippen molar-refractivity contribution >= 4 is 17.4 Å². The topological polar surface area (TPSA) is 85.0 Å². The summed E-state index contributed by atoms with van der Waals surface area (Å²) in [5.74, 6) is 0.988. The van der Waals surface area contributed by atoms with Gasteiger partial charge in [-0.05, 0) is 20.3 Å². The molecule has 1 fully saturated rings. The van der Waals surface area contributed by atoms with Gasteiger partial charge in [-0.15, -0.1) is 0 Å². The van der Waals surface area contributed by atoms with Gasteiger partial charge < -0.3 is 16.4 Å². The number of aryl methyl sites for hydroxylation is 2. The van der Waals surface area contributed by atoms with E-state index in [0.29, 0.717) is 18.7 Å². The first-order valence-corrected chi connectivity index (χ1v) is 5.98. The number of hydrogen-bond donors (Lipinski definition) is 3. The molecule has 1 aliphatic heterocycles. The number of nitrogens with two attached hydrogens (primary N) is 1. The Hall–Kier alpha value is -1.72. The molecular formula is C11H19N5O. The molecule has 2 heterocycles. The van der Waals surface area contributed by atoms with Crippen LogP contribution in [0.15, 0.2) is 0 Å². The van der Waals surface area contributed by atoms with Gasteiger partial charge in [-0.1, -0.05) is 0 Å². The molecule has 1 saturated heterocycles. The van der Waals surface area contributed by atoms with E-state index in [4.69, 9.17) is 5.73 Å². The van der Waals surface area contributed by atoms with Crippen molar-refractivity contribution in [2.24, 2.45) is 0 Å². The van der Waals surface area contributed by atoms with Gasteiger partial charge in [0.2, 0.25) is 5.91 Å². The minimum Gasteiger partial charge on any atom is -0.394 e. The average molecular weight is 237 g/mol. The SMILES string of the molecule is CCn1nc(C)c(N)c1NC1CCC(=O)NC1. The van der Waals surface area contributed by atoms with Gasteiger partial charge in [-0.3, -0.25) is 4.79 Å². The molecule has 1 aromatic rings. The Morgan fingerprint density at radius 1 is 1.65 bits per heavy atom. The summed E-state index contributed by atoms with van der Waals surface area (Å²) >= 11 is 0. The molecular weight excluding hydrogens is 218 g/mol. The monoisotopic (exact) mass is 237 g/mol. The van der Waals surface area contributed by atoms with Crippen molar-refractivity contribution in [2.45, 2.75) is 39.3 Å². The van der Waals surface area contributed by atoms with Crippen LogP contribution in [0.2, 0.25) is 0 Å². The van der Waals surface area contributed by atoms with E-state index in [1.807, 2.05) is 18.5 Å². The zero-order valence-corrected chi connectivity index (χ0v) is 10.3. The van der Waals surface area contributed by atoms with Crippen LogP contribution in [0, 0.1) is 6.92 Å². The summed E-state index contributed by atoms with van der Waals surface area (Å²) in [6, 6.07) is 0.233. The first-order valence-electron chi connectivity index (χ1n) is 5.98. The predicted molar refractivity (Wildman–Crippen MR) is 66.7 cm³/mol. The molecule has 0 aromatic carbocycles. The molecule has 6 heteroatoms. The second-order valence-electron chi connectivity index (χ2n) is 4.35. The highest BCUT2D eigenvalue weighted by molar-refractivity contribution is 5.77. The van der Waals surface area contributed by atoms with Crippen molar-refractivity contribution in [2.75, 3.05) is 17.6 Å². The number of nitrogens with zero attached hydrogens (tertiary/aromatic N) is 2. The van der Waals surface area contributed by atoms with Crippen LogP contribution in [0.4, 0.5) is 11.5 Å². The van der Waals surface area contributed by atoms with Crippen molar-refractivity contribution in [1.29, 1.82) is 0 Å². The first-order chi connectivity index (χ1) is 8.11. The number of amides is 1. The van der Waals surface area contributed by atoms with Gasteiger partial charge in [-0.25, -0.2) is 4.68 Å². The third-order valence-electron chi connectivity index (χ3n) is 3.08. The third kappa shape index (κ3) is 2.35. The average Bonchev–Trinajstić information content (AvgIpc) is 2.59. The molecule has 6 nitrogen and oxygen atoms in total. The molecule has 1 aromatic heterocycles. The normalized spacial score (nSPS) is 20.1. The number of piperidine rings is 1. The fraction of sp³-hybridized carbons (Fsp3) is 0.636. The maximum Gasteiger partial charge on any atom is 0.220 e. The van der Waals surface area contributed by atoms with Crippen LogP contribution in [0.3, 0.4) is 0 Å². The Morgan fingerprint density at radius 2 is 2.41 bits per heavy atom. The van der Waals surface area contributed by atoms with E-state index in [2.05, 4.69) is 15.7 Å². The molecule has 0 bridgehead atoms. The number of aromatic nitrogens is 2. The third-order valence-corrected chi connectivity index (χ3v) is 3.08. The van der Waals surface area contributed by atoms with Crippen LogP contribution in [-0.2, 0) is 11.3 Å². The maximum atomic E-state index is 11.1. The van der Waals surface area contributed by atoms with Gasteiger partial charge >= 0.3 is 0 Å². The minimum atomic E-state index is 0.121. The zero-order chi connectivity index (χ0) is 12.4. The molecule has 1 atom stereocenters. The molecule has 0 aliphatic carbocycles. The number of rotatable bonds is 3. The lowest BCUT2D eigenvalue weighted by atomic mass is 10.1. The number of carbonyl (C=O) groups excluding carboxylic acids is 1. The van der Waals surface area contributed by atoms with Crippen LogP contribution < -0.4 is 16.4 Å². The highest BCUT2D eigenvalue weighted by Gasteiger charge is 2.20. The summed E-state index contributed by atoms with van der Waals surface area (Å²) in [5, 5.41) is 10.6. The molecule has 1 unspecified atom stereocenters. The molecule has 94 valence electrons. The van der Waals surface area contributed by atoms with E-state index in [1.165, 1.54) is 0 Å². The first kappa shape index (κ1) is 11.8. The van der Waals surface area contributed by atoms with Gasteiger partial charge in [0.1, 0.15) is 5.82 Å². The van der Waals surface area contributed by atoms with E-state index in [9.17, 15) is 4.79 Å². The summed E-state index contributed by atoms with van der Waals surface area (Å²) < 4.78 is 1.86. The smallest absolute Gasteiger partial charge is 0.220 e. The number of carbonyl (C=O) groups is 1. The fourth-order valence-electron chi connectivity index (χ4n) is 2.03. The molecule has 0 radical (unpaired) electrons. The number of hydrogen-bond acceptors (Lipinski definition) is 4. The van der Waals surface area contributed by atoms with E-state index >= 15 is 0 Å². The molecule has 1 aliphatic rings. The van der Waals surface area contributed by atoms with Crippen LogP contribution in [-0.4, -0.2) is 28.3 Å². The second kappa shape index (κ2) is 4.65. The molecule has 1 amide bonds. The van der Waals surface area contributed by atoms with Crippen molar-refractivity contribution in [3.63, 3.8) is 0 Å². The van der Waals surface area contributed by atoms with Crippen molar-refractivity contribution in [3.8, 4) is 0 Å². The lowest BCUT2D eigenvalue weighted by Gasteiger charge is -2.24. The summed E-state index contributed by atoms with van der Waals surface area (Å²) in [4.78, 5) is 11.1. The Labute approximate surface area is 101 Å². The minimum absolute atomic E-state index is 0.121. The van der Waals surface area contributed by atoms with Crippen LogP contribution in [0.5, 0.6) is 0 Å². The van der Waals surface area contributed by atoms with E-state index in [-0.39, 0.29) is 11.9 Å². The molecule has 17 heavy (non-hydrogen) atoms. The maximum absolute atomic E-state index is 11.1. The number of nitrogens with one attached hydrogen (secondary N) is 2. The van der Waals surface area contributed by atoms with Crippen LogP contribution in [0.1, 0.15) is 25.5 Å². The standard InChI is InChI=1S/C11H19N5O/c1-3-16-11(10(12)7(2)15-16)14-8-4-5-9(17)13-6-8/h8,14H,3-6,12H2,1-2H3,(H,13,17). The summed E-state index contributed by atoms with van der Waals surface area (Å²) in [7, 11) is 0. The fourth-order valence-corrected chi connectivity index (χ4v) is 2.03. The van der Waals surface area contributed by atoms with E-state index in [1.54, 1.807) is 0 Å². The predicted octanol–water partition coefficient (Wildman–Crippen LogP) is 0.484. The zero-order valence-electron chi connectivity index (χ0n) is 10.3. The summed E-state index contributed by atoms with van der Waals surface area (Å²) in [5.41, 5.74) is 7.53. The van der Waals surface area contributed by atoms with Gasteiger partial charge in [0.25, 0.3) is 0 Å². The molecule has 4 N–H and O–H groups in total. The van der Waals surface area contributed by atoms with Crippen molar-refractivity contribution < 1.29 is 4.79 Å². The van der Waals surface area contributed by atoms with E-state index in [0.717, 1.165) is 24.5 Å². The summed E-state index contributed by atoms with van der Waals surface area (Å²) in [6.45, 7) is 5.35. The molecule has 2 rings (SSSR count). The second-order valence-corrected chi connectivity index (χ2v) is 4.35. The number of anilines is 2. The Morgan fingerprint density at radius 3 is 3.00 bits per heavy atom. The van der Waals surface area contributed by atoms with E-state index < -0.39 is 0 Å². The highest BCUT2D eigenvalue weighted by atomic mass is 16.1. The summed E-state index contributed by atoms with van der Waals surface area (Å²) in [6.07, 6.45) is 1.40. The van der Waals surface area contributed by atoms with Crippen molar-refractivity contribution in [1.82, 2.24) is 15.1 Å². The molecule has 0 spiro atoms. The quantitative estimate of drug-likeness (QED) is 0.714. The van der Waals surface area contributed by atoms with Gasteiger partial charge in [-0.2, -0.15) is 5.10 Å². The lowest BCUT2D eigenvalue weighted by molar-refractivity contribution is -0.122. The largest absolute Gasteiger partial charge is 0.394 e. The Bertz CT molecular complexity index is 416. The molecule has 0 saturated carbocycles. The van der Waals surface area contributed by atoms with Crippen LogP contribution in [0.25, 0.3) is 0 Å². The Balaban J connectivity index is 2.10. The van der Waals surface area contributed by atoms with Crippen LogP contribution >= 0.6 is 0 Å². The lowest BCUT2D eigenvalue weighted by Crippen LogP contribution is -2.42. The van der Waals surface area contributed by atoms with Gasteiger partial charge in [0, 0.05) is 25.6 Å². The van der Waals surface area contributed by atoms with Gasteiger partial charge in [0.15, 0.2) is 0 Å². The highest BCUT2D eigenvalue weighted by Crippen LogP contribution is 2.23.